The highest BCUT2D eigenvalue weighted by atomic mass is 35.5. The SMILES string of the molecule is Cc1cc(NC(=O)c2ccc([N+](=O)[O-])cc2)c2ccc(Cl)c(C)c2n1. The highest BCUT2D eigenvalue weighted by Gasteiger charge is 2.13. The van der Waals surface area contributed by atoms with Crippen LogP contribution in [0.5, 0.6) is 0 Å². The third-order valence-electron chi connectivity index (χ3n) is 3.88. The molecule has 3 rings (SSSR count). The van der Waals surface area contributed by atoms with Gasteiger partial charge in [0.2, 0.25) is 0 Å². The van der Waals surface area contributed by atoms with Crippen molar-refractivity contribution in [3.05, 3.63) is 74.4 Å². The van der Waals surface area contributed by atoms with Gasteiger partial charge in [-0.15, -0.1) is 0 Å². The minimum absolute atomic E-state index is 0.0629. The summed E-state index contributed by atoms with van der Waals surface area (Å²) >= 11 is 6.15. The maximum absolute atomic E-state index is 12.5. The summed E-state index contributed by atoms with van der Waals surface area (Å²) in [6.07, 6.45) is 0. The summed E-state index contributed by atoms with van der Waals surface area (Å²) in [5.41, 5.74) is 3.20. The highest BCUT2D eigenvalue weighted by molar-refractivity contribution is 6.32. The molecule has 126 valence electrons. The molecule has 2 aromatic carbocycles. The number of aryl methyl sites for hydroxylation is 2. The van der Waals surface area contributed by atoms with Crippen LogP contribution in [-0.4, -0.2) is 15.8 Å². The van der Waals surface area contributed by atoms with Gasteiger partial charge in [0, 0.05) is 33.8 Å². The third kappa shape index (κ3) is 3.29. The number of nitrogens with zero attached hydrogens (tertiary/aromatic N) is 2. The third-order valence-corrected chi connectivity index (χ3v) is 4.29. The Morgan fingerprint density at radius 2 is 1.84 bits per heavy atom. The second kappa shape index (κ2) is 6.49. The first-order valence-corrected chi connectivity index (χ1v) is 7.87. The van der Waals surface area contributed by atoms with E-state index >= 15 is 0 Å². The molecule has 1 heterocycles. The van der Waals surface area contributed by atoms with Crippen LogP contribution in [0.1, 0.15) is 21.6 Å². The van der Waals surface area contributed by atoms with Crippen LogP contribution in [0.2, 0.25) is 5.02 Å². The molecule has 25 heavy (non-hydrogen) atoms. The van der Waals surface area contributed by atoms with Crippen LogP contribution in [-0.2, 0) is 0 Å². The van der Waals surface area contributed by atoms with E-state index in [0.29, 0.717) is 16.3 Å². The number of halogens is 1. The number of non-ortho nitro benzene ring substituents is 1. The van der Waals surface area contributed by atoms with E-state index in [1.165, 1.54) is 24.3 Å². The molecule has 0 aliphatic carbocycles. The van der Waals surface area contributed by atoms with Gasteiger partial charge in [0.05, 0.1) is 16.1 Å². The molecule has 0 spiro atoms. The van der Waals surface area contributed by atoms with Gasteiger partial charge in [-0.3, -0.25) is 19.9 Å². The van der Waals surface area contributed by atoms with Gasteiger partial charge in [-0.1, -0.05) is 11.6 Å². The number of aromatic nitrogens is 1. The van der Waals surface area contributed by atoms with E-state index < -0.39 is 4.92 Å². The number of nitrogens with one attached hydrogen (secondary N) is 1. The van der Waals surface area contributed by atoms with Crippen LogP contribution in [0.3, 0.4) is 0 Å². The number of carbonyl (C=O) groups is 1. The second-order valence-corrected chi connectivity index (χ2v) is 6.05. The Morgan fingerprint density at radius 1 is 1.16 bits per heavy atom. The number of hydrogen-bond donors (Lipinski definition) is 1. The Morgan fingerprint density at radius 3 is 2.48 bits per heavy atom. The Bertz CT molecular complexity index is 1000. The van der Waals surface area contributed by atoms with Crippen molar-refractivity contribution in [2.24, 2.45) is 0 Å². The number of anilines is 1. The van der Waals surface area contributed by atoms with E-state index in [4.69, 9.17) is 11.6 Å². The van der Waals surface area contributed by atoms with Crippen molar-refractivity contribution in [2.45, 2.75) is 13.8 Å². The lowest BCUT2D eigenvalue weighted by atomic mass is 10.1. The number of amides is 1. The van der Waals surface area contributed by atoms with Gasteiger partial charge in [-0.2, -0.15) is 0 Å². The summed E-state index contributed by atoms with van der Waals surface area (Å²) in [6.45, 7) is 3.71. The first kappa shape index (κ1) is 16.9. The molecule has 0 bridgehead atoms. The van der Waals surface area contributed by atoms with Crippen molar-refractivity contribution in [1.29, 1.82) is 0 Å². The monoisotopic (exact) mass is 355 g/mol. The highest BCUT2D eigenvalue weighted by Crippen LogP contribution is 2.30. The number of hydrogen-bond acceptors (Lipinski definition) is 4. The summed E-state index contributed by atoms with van der Waals surface area (Å²) in [5, 5.41) is 14.9. The van der Waals surface area contributed by atoms with Crippen molar-refractivity contribution in [2.75, 3.05) is 5.32 Å². The van der Waals surface area contributed by atoms with E-state index in [1.54, 1.807) is 12.1 Å². The Kier molecular flexibility index (Phi) is 4.37. The fourth-order valence-corrected chi connectivity index (χ4v) is 2.72. The molecule has 0 radical (unpaired) electrons. The molecule has 0 saturated heterocycles. The molecular formula is C18H14ClN3O3. The van der Waals surface area contributed by atoms with Crippen LogP contribution in [0.4, 0.5) is 11.4 Å². The maximum atomic E-state index is 12.5. The molecule has 0 unspecified atom stereocenters. The quantitative estimate of drug-likeness (QED) is 0.546. The van der Waals surface area contributed by atoms with Gasteiger partial charge in [0.25, 0.3) is 11.6 Å². The van der Waals surface area contributed by atoms with E-state index in [-0.39, 0.29) is 11.6 Å². The van der Waals surface area contributed by atoms with E-state index in [9.17, 15) is 14.9 Å². The minimum Gasteiger partial charge on any atom is -0.321 e. The molecule has 0 aliphatic rings. The molecule has 0 fully saturated rings. The molecule has 6 nitrogen and oxygen atoms in total. The van der Waals surface area contributed by atoms with Crippen molar-refractivity contribution < 1.29 is 9.72 Å². The summed E-state index contributed by atoms with van der Waals surface area (Å²) in [5.74, 6) is -0.352. The fourth-order valence-electron chi connectivity index (χ4n) is 2.56. The number of rotatable bonds is 3. The standard InChI is InChI=1S/C18H14ClN3O3/c1-10-9-16(14-7-8-15(19)11(2)17(14)20-10)21-18(23)12-3-5-13(6-4-12)22(24)25/h3-9H,1-2H3,(H,20,21,23). The van der Waals surface area contributed by atoms with Crippen LogP contribution >= 0.6 is 11.6 Å². The first-order chi connectivity index (χ1) is 11.9. The second-order valence-electron chi connectivity index (χ2n) is 5.64. The molecule has 1 amide bonds. The van der Waals surface area contributed by atoms with Gasteiger partial charge >= 0.3 is 0 Å². The lowest BCUT2D eigenvalue weighted by Gasteiger charge is -2.12. The Hall–Kier alpha value is -2.99. The smallest absolute Gasteiger partial charge is 0.269 e. The van der Waals surface area contributed by atoms with E-state index in [1.807, 2.05) is 19.9 Å². The molecule has 1 aromatic heterocycles. The van der Waals surface area contributed by atoms with Gasteiger partial charge in [-0.05, 0) is 49.7 Å². The van der Waals surface area contributed by atoms with Gasteiger partial charge in [0.1, 0.15) is 0 Å². The number of benzene rings is 2. The average Bonchev–Trinajstić information content (AvgIpc) is 2.58. The van der Waals surface area contributed by atoms with Crippen molar-refractivity contribution in [3.63, 3.8) is 0 Å². The zero-order chi connectivity index (χ0) is 18.1. The molecule has 0 aliphatic heterocycles. The lowest BCUT2D eigenvalue weighted by Crippen LogP contribution is -2.12. The van der Waals surface area contributed by atoms with Gasteiger partial charge in [0.15, 0.2) is 0 Å². The number of carbonyl (C=O) groups excluding carboxylic acids is 1. The van der Waals surface area contributed by atoms with Crippen LogP contribution in [0.15, 0.2) is 42.5 Å². The summed E-state index contributed by atoms with van der Waals surface area (Å²) in [7, 11) is 0. The van der Waals surface area contributed by atoms with E-state index in [2.05, 4.69) is 10.3 Å². The predicted octanol–water partition coefficient (Wildman–Crippen LogP) is 4.67. The Labute approximate surface area is 148 Å². The molecule has 0 atom stereocenters. The van der Waals surface area contributed by atoms with Crippen molar-refractivity contribution >= 4 is 39.8 Å². The van der Waals surface area contributed by atoms with E-state index in [0.717, 1.165) is 22.2 Å². The number of fused-ring (bicyclic) bond motifs is 1. The predicted molar refractivity (Wildman–Crippen MR) is 97.3 cm³/mol. The molecule has 7 heteroatoms. The molecule has 1 N–H and O–H groups in total. The minimum atomic E-state index is -0.506. The Balaban J connectivity index is 1.98. The van der Waals surface area contributed by atoms with Crippen molar-refractivity contribution in [3.8, 4) is 0 Å². The zero-order valence-electron chi connectivity index (χ0n) is 13.5. The lowest BCUT2D eigenvalue weighted by molar-refractivity contribution is -0.384. The number of nitro benzene ring substituents is 1. The van der Waals surface area contributed by atoms with Gasteiger partial charge in [-0.25, -0.2) is 0 Å². The van der Waals surface area contributed by atoms with Crippen LogP contribution < -0.4 is 5.32 Å². The normalized spacial score (nSPS) is 10.7. The summed E-state index contributed by atoms with van der Waals surface area (Å²) < 4.78 is 0. The van der Waals surface area contributed by atoms with Crippen molar-refractivity contribution in [1.82, 2.24) is 4.98 Å². The van der Waals surface area contributed by atoms with Crippen LogP contribution in [0.25, 0.3) is 10.9 Å². The number of pyridine rings is 1. The van der Waals surface area contributed by atoms with Gasteiger partial charge < -0.3 is 5.32 Å². The maximum Gasteiger partial charge on any atom is 0.269 e. The zero-order valence-corrected chi connectivity index (χ0v) is 14.3. The average molecular weight is 356 g/mol. The molecular weight excluding hydrogens is 342 g/mol. The number of nitro groups is 1. The fraction of sp³-hybridized carbons (Fsp3) is 0.111. The summed E-state index contributed by atoms with van der Waals surface area (Å²) in [4.78, 5) is 27.2. The topological polar surface area (TPSA) is 85.1 Å². The molecule has 3 aromatic rings. The van der Waals surface area contributed by atoms with Crippen LogP contribution in [0, 0.1) is 24.0 Å². The molecule has 0 saturated carbocycles. The first-order valence-electron chi connectivity index (χ1n) is 7.49. The largest absolute Gasteiger partial charge is 0.321 e. The summed E-state index contributed by atoms with van der Waals surface area (Å²) in [6, 6.07) is 10.8.